The SMILES string of the molecule is Cc1ccc(-c2ccc(N3CCC4(CC3)CC(N3CCC(NC(=O)OCc5ccccc5)CC3)C4)c(F)c2)c(OCc2ccccc2)n1. The highest BCUT2D eigenvalue weighted by Gasteiger charge is 2.48. The minimum Gasteiger partial charge on any atom is -0.472 e. The Morgan fingerprint density at radius 3 is 2.21 bits per heavy atom. The zero-order chi connectivity index (χ0) is 32.9. The van der Waals surface area contributed by atoms with Crippen molar-refractivity contribution in [2.75, 3.05) is 31.1 Å². The van der Waals surface area contributed by atoms with E-state index in [1.54, 1.807) is 6.07 Å². The Labute approximate surface area is 283 Å². The first kappa shape index (κ1) is 32.1. The van der Waals surface area contributed by atoms with Gasteiger partial charge in [-0.25, -0.2) is 14.2 Å². The number of amides is 1. The van der Waals surface area contributed by atoms with E-state index >= 15 is 4.39 Å². The van der Waals surface area contributed by atoms with Crippen molar-refractivity contribution in [2.24, 2.45) is 5.41 Å². The first-order valence-electron chi connectivity index (χ1n) is 17.3. The molecule has 8 heteroatoms. The van der Waals surface area contributed by atoms with Gasteiger partial charge in [0.25, 0.3) is 0 Å². The van der Waals surface area contributed by atoms with Gasteiger partial charge in [0.1, 0.15) is 19.0 Å². The van der Waals surface area contributed by atoms with E-state index in [2.05, 4.69) is 20.1 Å². The molecule has 48 heavy (non-hydrogen) atoms. The fraction of sp³-hybridized carbons (Fsp3) is 0.400. The number of hydrogen-bond acceptors (Lipinski definition) is 6. The summed E-state index contributed by atoms with van der Waals surface area (Å²) >= 11 is 0. The number of aromatic nitrogens is 1. The predicted octanol–water partition coefficient (Wildman–Crippen LogP) is 7.91. The summed E-state index contributed by atoms with van der Waals surface area (Å²) in [6, 6.07) is 30.0. The van der Waals surface area contributed by atoms with Crippen molar-refractivity contribution < 1.29 is 18.7 Å². The lowest BCUT2D eigenvalue weighted by Crippen LogP contribution is -2.57. The molecule has 3 fully saturated rings. The summed E-state index contributed by atoms with van der Waals surface area (Å²) in [7, 11) is 0. The number of halogens is 1. The number of piperidine rings is 2. The molecule has 7 rings (SSSR count). The van der Waals surface area contributed by atoms with E-state index in [0.29, 0.717) is 36.2 Å². The largest absolute Gasteiger partial charge is 0.472 e. The second-order valence-electron chi connectivity index (χ2n) is 13.8. The van der Waals surface area contributed by atoms with Crippen molar-refractivity contribution in [3.63, 3.8) is 0 Å². The molecule has 3 heterocycles. The minimum atomic E-state index is -0.331. The number of nitrogens with one attached hydrogen (secondary N) is 1. The molecule has 1 N–H and O–H groups in total. The summed E-state index contributed by atoms with van der Waals surface area (Å²) in [5, 5.41) is 3.06. The average Bonchev–Trinajstić information content (AvgIpc) is 3.10. The standard InChI is InChI=1S/C40H45FN4O3/c1-29-12-14-35(38(42-29)47-27-30-8-4-2-5-9-30)32-13-15-37(36(41)24-32)45-22-18-40(19-23-45)25-34(26-40)44-20-16-33(17-21-44)43-39(46)48-28-31-10-6-3-7-11-31/h2-15,24,33-34H,16-23,25-28H2,1H3,(H,43,46). The number of carbonyl (C=O) groups excluding carboxylic acids is 1. The molecule has 1 aliphatic carbocycles. The Bertz CT molecular complexity index is 1680. The Balaban J connectivity index is 0.875. The summed E-state index contributed by atoms with van der Waals surface area (Å²) in [5.41, 5.74) is 5.51. The number of likely N-dealkylation sites (tertiary alicyclic amines) is 1. The molecule has 7 nitrogen and oxygen atoms in total. The van der Waals surface area contributed by atoms with E-state index in [4.69, 9.17) is 9.47 Å². The van der Waals surface area contributed by atoms with Crippen LogP contribution in [0.4, 0.5) is 14.9 Å². The molecule has 0 bridgehead atoms. The first-order valence-corrected chi connectivity index (χ1v) is 17.3. The Kier molecular flexibility index (Phi) is 9.61. The lowest BCUT2D eigenvalue weighted by molar-refractivity contribution is -0.0267. The van der Waals surface area contributed by atoms with Crippen LogP contribution in [-0.4, -0.2) is 54.2 Å². The normalized spacial score (nSPS) is 18.3. The molecule has 2 aliphatic heterocycles. The lowest BCUT2D eigenvalue weighted by atomic mass is 9.59. The van der Waals surface area contributed by atoms with Crippen molar-refractivity contribution in [1.29, 1.82) is 0 Å². The van der Waals surface area contributed by atoms with E-state index in [1.165, 1.54) is 12.8 Å². The number of ether oxygens (including phenoxy) is 2. The van der Waals surface area contributed by atoms with Crippen LogP contribution in [0.15, 0.2) is 91.0 Å². The number of nitrogens with zero attached hydrogens (tertiary/aromatic N) is 3. The van der Waals surface area contributed by atoms with E-state index in [0.717, 1.165) is 79.8 Å². The summed E-state index contributed by atoms with van der Waals surface area (Å²) in [4.78, 5) is 21.8. The fourth-order valence-corrected chi connectivity index (χ4v) is 7.69. The number of pyridine rings is 1. The monoisotopic (exact) mass is 648 g/mol. The number of hydrogen-bond donors (Lipinski definition) is 1. The molecule has 0 unspecified atom stereocenters. The molecule has 0 radical (unpaired) electrons. The molecule has 0 atom stereocenters. The van der Waals surface area contributed by atoms with Gasteiger partial charge in [-0.1, -0.05) is 66.7 Å². The second kappa shape index (κ2) is 14.4. The maximum Gasteiger partial charge on any atom is 0.407 e. The maximum atomic E-state index is 15.7. The van der Waals surface area contributed by atoms with Gasteiger partial charge in [-0.05, 0) is 91.8 Å². The van der Waals surface area contributed by atoms with Gasteiger partial charge in [0.05, 0.1) is 5.69 Å². The van der Waals surface area contributed by atoms with Gasteiger partial charge in [0.15, 0.2) is 0 Å². The highest BCUT2D eigenvalue weighted by Crippen LogP contribution is 2.52. The molecular weight excluding hydrogens is 603 g/mol. The number of benzene rings is 3. The van der Waals surface area contributed by atoms with Gasteiger partial charge in [-0.2, -0.15) is 0 Å². The molecule has 1 aromatic heterocycles. The third kappa shape index (κ3) is 7.49. The topological polar surface area (TPSA) is 66.9 Å². The molecule has 1 amide bonds. The van der Waals surface area contributed by atoms with E-state index in [1.807, 2.05) is 91.9 Å². The first-order chi connectivity index (χ1) is 23.4. The molecule has 3 aromatic carbocycles. The van der Waals surface area contributed by atoms with E-state index in [9.17, 15) is 4.79 Å². The highest BCUT2D eigenvalue weighted by atomic mass is 19.1. The summed E-state index contributed by atoms with van der Waals surface area (Å²) < 4.78 is 27.2. The summed E-state index contributed by atoms with van der Waals surface area (Å²) in [6.45, 7) is 6.39. The van der Waals surface area contributed by atoms with E-state index < -0.39 is 0 Å². The average molecular weight is 649 g/mol. The van der Waals surface area contributed by atoms with E-state index in [-0.39, 0.29) is 18.0 Å². The summed E-state index contributed by atoms with van der Waals surface area (Å²) in [6.07, 6.45) is 6.18. The van der Waals surface area contributed by atoms with Crippen LogP contribution < -0.4 is 15.0 Å². The zero-order valence-corrected chi connectivity index (χ0v) is 27.7. The maximum absolute atomic E-state index is 15.7. The van der Waals surface area contributed by atoms with Crippen molar-refractivity contribution in [1.82, 2.24) is 15.2 Å². The van der Waals surface area contributed by atoms with Crippen LogP contribution in [0.1, 0.15) is 55.3 Å². The van der Waals surface area contributed by atoms with Crippen LogP contribution in [-0.2, 0) is 18.0 Å². The fourth-order valence-electron chi connectivity index (χ4n) is 7.69. The predicted molar refractivity (Wildman–Crippen MR) is 186 cm³/mol. The van der Waals surface area contributed by atoms with Crippen LogP contribution >= 0.6 is 0 Å². The molecule has 1 saturated carbocycles. The third-order valence-corrected chi connectivity index (χ3v) is 10.6. The smallest absolute Gasteiger partial charge is 0.407 e. The Morgan fingerprint density at radius 2 is 1.54 bits per heavy atom. The van der Waals surface area contributed by atoms with Crippen LogP contribution in [0.5, 0.6) is 5.88 Å². The number of aryl methyl sites for hydroxylation is 1. The van der Waals surface area contributed by atoms with Crippen LogP contribution in [0.25, 0.3) is 11.1 Å². The second-order valence-corrected chi connectivity index (χ2v) is 13.8. The van der Waals surface area contributed by atoms with Crippen molar-refractivity contribution in [3.8, 4) is 17.0 Å². The molecule has 4 aromatic rings. The van der Waals surface area contributed by atoms with Crippen LogP contribution in [0, 0.1) is 18.2 Å². The van der Waals surface area contributed by atoms with Gasteiger partial charge < -0.3 is 24.6 Å². The summed E-state index contributed by atoms with van der Waals surface area (Å²) in [5.74, 6) is 0.317. The molecular formula is C40H45FN4O3. The Morgan fingerprint density at radius 1 is 0.875 bits per heavy atom. The number of rotatable bonds is 9. The zero-order valence-electron chi connectivity index (χ0n) is 27.7. The van der Waals surface area contributed by atoms with Crippen molar-refractivity contribution in [2.45, 2.75) is 70.7 Å². The lowest BCUT2D eigenvalue weighted by Gasteiger charge is -2.56. The quantitative estimate of drug-likeness (QED) is 0.199. The van der Waals surface area contributed by atoms with Gasteiger partial charge in [-0.15, -0.1) is 0 Å². The number of alkyl carbamates (subject to hydrolysis) is 1. The van der Waals surface area contributed by atoms with Gasteiger partial charge in [0, 0.05) is 49.5 Å². The number of anilines is 1. The van der Waals surface area contributed by atoms with Gasteiger partial charge in [0.2, 0.25) is 5.88 Å². The van der Waals surface area contributed by atoms with Crippen LogP contribution in [0.3, 0.4) is 0 Å². The van der Waals surface area contributed by atoms with Crippen molar-refractivity contribution >= 4 is 11.8 Å². The van der Waals surface area contributed by atoms with Crippen molar-refractivity contribution in [3.05, 3.63) is 114 Å². The molecule has 1 spiro atoms. The third-order valence-electron chi connectivity index (χ3n) is 10.6. The molecule has 250 valence electrons. The number of carbonyl (C=O) groups is 1. The molecule has 2 saturated heterocycles. The minimum absolute atomic E-state index is 0.166. The van der Waals surface area contributed by atoms with Crippen LogP contribution in [0.2, 0.25) is 0 Å². The highest BCUT2D eigenvalue weighted by molar-refractivity contribution is 5.71. The molecule has 3 aliphatic rings. The van der Waals surface area contributed by atoms with Gasteiger partial charge in [-0.3, -0.25) is 0 Å². The van der Waals surface area contributed by atoms with Gasteiger partial charge >= 0.3 is 6.09 Å². The Hall–Kier alpha value is -4.43.